The molecule has 0 aliphatic rings. The highest BCUT2D eigenvalue weighted by Crippen LogP contribution is 2.37. The molecule has 3 rings (SSSR count). The molecule has 1 heterocycles. The first-order chi connectivity index (χ1) is 11.8. The Morgan fingerprint density at radius 1 is 1.00 bits per heavy atom. The molecule has 0 saturated heterocycles. The number of benzene rings is 2. The molecule has 3 aromatic rings. The van der Waals surface area contributed by atoms with Gasteiger partial charge >= 0.3 is 6.18 Å². The summed E-state index contributed by atoms with van der Waals surface area (Å²) in [6.45, 7) is 0. The summed E-state index contributed by atoms with van der Waals surface area (Å²) in [7, 11) is 0. The zero-order valence-electron chi connectivity index (χ0n) is 12.9. The summed E-state index contributed by atoms with van der Waals surface area (Å²) in [4.78, 5) is 4.17. The standard InChI is InChI=1S/C18H14F4N2S/c19-15-9-13(8-14(10-15)18(20,21)22)17(23,16-24-6-7-25-16)11-12-4-2-1-3-5-12/h1-10H,11,23H2. The summed E-state index contributed by atoms with van der Waals surface area (Å²) < 4.78 is 53.2. The van der Waals surface area contributed by atoms with E-state index in [-0.39, 0.29) is 12.0 Å². The first-order valence-corrected chi connectivity index (χ1v) is 8.28. The van der Waals surface area contributed by atoms with Gasteiger partial charge in [-0.05, 0) is 29.3 Å². The summed E-state index contributed by atoms with van der Waals surface area (Å²) in [6, 6.07) is 11.5. The van der Waals surface area contributed by atoms with Gasteiger partial charge in [0, 0.05) is 18.0 Å². The molecule has 130 valence electrons. The lowest BCUT2D eigenvalue weighted by Crippen LogP contribution is -2.40. The fourth-order valence-corrected chi connectivity index (χ4v) is 3.45. The van der Waals surface area contributed by atoms with E-state index in [4.69, 9.17) is 5.73 Å². The van der Waals surface area contributed by atoms with Gasteiger partial charge < -0.3 is 5.73 Å². The van der Waals surface area contributed by atoms with Gasteiger partial charge in [-0.3, -0.25) is 0 Å². The van der Waals surface area contributed by atoms with Crippen LogP contribution in [0.25, 0.3) is 0 Å². The van der Waals surface area contributed by atoms with Crippen LogP contribution >= 0.6 is 11.3 Å². The van der Waals surface area contributed by atoms with Gasteiger partial charge in [0.1, 0.15) is 10.8 Å². The van der Waals surface area contributed by atoms with Crippen LogP contribution in [0.5, 0.6) is 0 Å². The van der Waals surface area contributed by atoms with Crippen molar-refractivity contribution in [1.82, 2.24) is 4.98 Å². The van der Waals surface area contributed by atoms with Crippen LogP contribution in [0.2, 0.25) is 0 Å². The lowest BCUT2D eigenvalue weighted by atomic mass is 9.84. The quantitative estimate of drug-likeness (QED) is 0.677. The van der Waals surface area contributed by atoms with Gasteiger partial charge in [-0.1, -0.05) is 30.3 Å². The lowest BCUT2D eigenvalue weighted by Gasteiger charge is -2.29. The molecule has 0 amide bonds. The number of nitrogens with zero attached hydrogens (tertiary/aromatic N) is 1. The molecule has 0 radical (unpaired) electrons. The third kappa shape index (κ3) is 3.72. The third-order valence-corrected chi connectivity index (χ3v) is 4.83. The molecule has 0 fully saturated rings. The van der Waals surface area contributed by atoms with Crippen LogP contribution in [-0.4, -0.2) is 4.98 Å². The maximum absolute atomic E-state index is 13.9. The van der Waals surface area contributed by atoms with Gasteiger partial charge in [0.25, 0.3) is 0 Å². The van der Waals surface area contributed by atoms with E-state index in [1.807, 2.05) is 30.3 Å². The molecular weight excluding hydrogens is 352 g/mol. The van der Waals surface area contributed by atoms with Gasteiger partial charge in [0.15, 0.2) is 0 Å². The highest BCUT2D eigenvalue weighted by atomic mass is 32.1. The first kappa shape index (κ1) is 17.6. The van der Waals surface area contributed by atoms with Crippen LogP contribution in [0.4, 0.5) is 17.6 Å². The second kappa shape index (κ2) is 6.57. The van der Waals surface area contributed by atoms with Crippen molar-refractivity contribution >= 4 is 11.3 Å². The van der Waals surface area contributed by atoms with Crippen LogP contribution in [0.3, 0.4) is 0 Å². The predicted octanol–water partition coefficient (Wildman–Crippen LogP) is 4.75. The normalized spacial score (nSPS) is 14.3. The topological polar surface area (TPSA) is 38.9 Å². The fourth-order valence-electron chi connectivity index (χ4n) is 2.67. The lowest BCUT2D eigenvalue weighted by molar-refractivity contribution is -0.137. The molecule has 7 heteroatoms. The SMILES string of the molecule is NC(Cc1ccccc1)(c1cc(F)cc(C(F)(F)F)c1)c1nccs1. The minimum absolute atomic E-state index is 0.0404. The Kier molecular flexibility index (Phi) is 4.62. The number of alkyl halides is 3. The largest absolute Gasteiger partial charge is 0.416 e. The molecule has 0 aliphatic heterocycles. The second-order valence-corrected chi connectivity index (χ2v) is 6.59. The molecule has 25 heavy (non-hydrogen) atoms. The molecule has 2 aromatic carbocycles. The van der Waals surface area contributed by atoms with E-state index in [1.165, 1.54) is 17.5 Å². The van der Waals surface area contributed by atoms with Crippen LogP contribution in [0.1, 0.15) is 21.7 Å². The number of aromatic nitrogens is 1. The van der Waals surface area contributed by atoms with Crippen molar-refractivity contribution in [2.24, 2.45) is 5.73 Å². The van der Waals surface area contributed by atoms with Gasteiger partial charge in [0.05, 0.1) is 11.1 Å². The Hall–Kier alpha value is -2.25. The Labute approximate surface area is 146 Å². The minimum Gasteiger partial charge on any atom is -0.315 e. The van der Waals surface area contributed by atoms with Crippen molar-refractivity contribution in [3.8, 4) is 0 Å². The molecular formula is C18H14F4N2S. The van der Waals surface area contributed by atoms with Crippen LogP contribution in [-0.2, 0) is 18.1 Å². The van der Waals surface area contributed by atoms with E-state index in [0.717, 1.165) is 17.7 Å². The summed E-state index contributed by atoms with van der Waals surface area (Å²) in [6.07, 6.45) is -2.94. The molecule has 0 bridgehead atoms. The maximum atomic E-state index is 13.9. The van der Waals surface area contributed by atoms with Crippen LogP contribution in [0, 0.1) is 5.82 Å². The van der Waals surface area contributed by atoms with Gasteiger partial charge in [0.2, 0.25) is 0 Å². The number of thiazole rings is 1. The molecule has 0 spiro atoms. The third-order valence-electron chi connectivity index (χ3n) is 3.88. The monoisotopic (exact) mass is 366 g/mol. The zero-order chi connectivity index (χ0) is 18.1. The van der Waals surface area contributed by atoms with Crippen molar-refractivity contribution in [3.63, 3.8) is 0 Å². The molecule has 0 saturated carbocycles. The molecule has 1 unspecified atom stereocenters. The summed E-state index contributed by atoms with van der Waals surface area (Å²) in [5.74, 6) is -0.982. The van der Waals surface area contributed by atoms with E-state index < -0.39 is 23.1 Å². The fraction of sp³-hybridized carbons (Fsp3) is 0.167. The smallest absolute Gasteiger partial charge is 0.315 e. The number of nitrogens with two attached hydrogens (primary N) is 1. The van der Waals surface area contributed by atoms with Gasteiger partial charge in [-0.2, -0.15) is 13.2 Å². The van der Waals surface area contributed by atoms with E-state index >= 15 is 0 Å². The zero-order valence-corrected chi connectivity index (χ0v) is 13.7. The van der Waals surface area contributed by atoms with E-state index in [0.29, 0.717) is 11.1 Å². The van der Waals surface area contributed by atoms with E-state index in [1.54, 1.807) is 5.38 Å². The number of rotatable bonds is 4. The number of hydrogen-bond donors (Lipinski definition) is 1. The average molecular weight is 366 g/mol. The summed E-state index contributed by atoms with van der Waals surface area (Å²) in [5.41, 5.74) is 4.94. The number of hydrogen-bond acceptors (Lipinski definition) is 3. The second-order valence-electron chi connectivity index (χ2n) is 5.70. The van der Waals surface area contributed by atoms with Gasteiger partial charge in [-0.15, -0.1) is 11.3 Å². The highest BCUT2D eigenvalue weighted by molar-refractivity contribution is 7.09. The molecule has 1 aromatic heterocycles. The predicted molar refractivity (Wildman–Crippen MR) is 88.6 cm³/mol. The Morgan fingerprint density at radius 2 is 1.68 bits per heavy atom. The van der Waals surface area contributed by atoms with Crippen molar-refractivity contribution in [2.75, 3.05) is 0 Å². The molecule has 2 N–H and O–H groups in total. The molecule has 0 aliphatic carbocycles. The minimum atomic E-state index is -4.66. The van der Waals surface area contributed by atoms with E-state index in [2.05, 4.69) is 4.98 Å². The van der Waals surface area contributed by atoms with Crippen LogP contribution < -0.4 is 5.73 Å². The van der Waals surface area contributed by atoms with Gasteiger partial charge in [-0.25, -0.2) is 9.37 Å². The molecule has 2 nitrogen and oxygen atoms in total. The van der Waals surface area contributed by atoms with Crippen LogP contribution in [0.15, 0.2) is 60.1 Å². The summed E-state index contributed by atoms with van der Waals surface area (Å²) in [5, 5.41) is 2.11. The van der Waals surface area contributed by atoms with Crippen molar-refractivity contribution in [2.45, 2.75) is 18.1 Å². The first-order valence-electron chi connectivity index (χ1n) is 7.40. The Bertz CT molecular complexity index is 847. The van der Waals surface area contributed by atoms with Crippen molar-refractivity contribution in [1.29, 1.82) is 0 Å². The average Bonchev–Trinajstić information content (AvgIpc) is 3.09. The highest BCUT2D eigenvalue weighted by Gasteiger charge is 2.37. The van der Waals surface area contributed by atoms with Crippen molar-refractivity contribution < 1.29 is 17.6 Å². The van der Waals surface area contributed by atoms with E-state index in [9.17, 15) is 17.6 Å². The Balaban J connectivity index is 2.14. The summed E-state index contributed by atoms with van der Waals surface area (Å²) >= 11 is 1.22. The Morgan fingerprint density at radius 3 is 2.28 bits per heavy atom. The number of halogens is 4. The van der Waals surface area contributed by atoms with Crippen molar-refractivity contribution in [3.05, 3.63) is 87.6 Å². The molecule has 1 atom stereocenters. The maximum Gasteiger partial charge on any atom is 0.416 e.